The summed E-state index contributed by atoms with van der Waals surface area (Å²) in [6.07, 6.45) is 9.53. The molecular formula is C15H31N3O2S. The monoisotopic (exact) mass is 317 g/mol. The molecule has 0 spiro atoms. The van der Waals surface area contributed by atoms with E-state index in [1.54, 1.807) is 4.31 Å². The van der Waals surface area contributed by atoms with Gasteiger partial charge in [0.2, 0.25) is 10.0 Å². The number of sulfonamides is 1. The topological polar surface area (TPSA) is 75.4 Å². The van der Waals surface area contributed by atoms with Gasteiger partial charge in [0.25, 0.3) is 0 Å². The Morgan fingerprint density at radius 3 is 2.67 bits per heavy atom. The van der Waals surface area contributed by atoms with Crippen LogP contribution in [0.2, 0.25) is 0 Å². The van der Waals surface area contributed by atoms with Crippen molar-refractivity contribution in [2.75, 3.05) is 19.3 Å². The van der Waals surface area contributed by atoms with E-state index in [1.165, 1.54) is 31.9 Å². The first-order valence-electron chi connectivity index (χ1n) is 8.31. The maximum absolute atomic E-state index is 11.7. The number of nitrogens with zero attached hydrogens (tertiary/aromatic N) is 1. The van der Waals surface area contributed by atoms with Crippen LogP contribution < -0.4 is 11.3 Å². The van der Waals surface area contributed by atoms with E-state index in [2.05, 4.69) is 12.3 Å². The lowest BCUT2D eigenvalue weighted by atomic mass is 9.76. The normalized spacial score (nSPS) is 33.8. The third-order valence-corrected chi connectivity index (χ3v) is 6.57. The number of hydrogen-bond acceptors (Lipinski definition) is 4. The summed E-state index contributed by atoms with van der Waals surface area (Å²) >= 11 is 0. The fourth-order valence-corrected chi connectivity index (χ4v) is 5.06. The molecule has 0 radical (unpaired) electrons. The first-order valence-corrected chi connectivity index (χ1v) is 10.2. The standard InChI is InChI=1S/C15H31N3O2S/c1-12-5-3-7-14(9-12)15(17-16)10-13-6-4-8-18(11-13)21(2,19)20/h12-15,17H,3-11,16H2,1-2H3. The van der Waals surface area contributed by atoms with Crippen LogP contribution in [0.15, 0.2) is 0 Å². The van der Waals surface area contributed by atoms with Gasteiger partial charge in [-0.25, -0.2) is 12.7 Å². The molecule has 6 heteroatoms. The summed E-state index contributed by atoms with van der Waals surface area (Å²) in [5.74, 6) is 7.68. The van der Waals surface area contributed by atoms with Gasteiger partial charge in [-0.3, -0.25) is 11.3 Å². The third-order valence-electron chi connectivity index (χ3n) is 5.30. The fourth-order valence-electron chi connectivity index (χ4n) is 4.12. The Hall–Kier alpha value is -0.170. The Balaban J connectivity index is 1.92. The van der Waals surface area contributed by atoms with Gasteiger partial charge in [-0.2, -0.15) is 0 Å². The molecule has 2 fully saturated rings. The van der Waals surface area contributed by atoms with Crippen LogP contribution in [0.1, 0.15) is 51.9 Å². The van der Waals surface area contributed by atoms with Gasteiger partial charge in [0, 0.05) is 19.1 Å². The minimum Gasteiger partial charge on any atom is -0.271 e. The van der Waals surface area contributed by atoms with Crippen LogP contribution in [-0.4, -0.2) is 38.1 Å². The number of hydrazine groups is 1. The summed E-state index contributed by atoms with van der Waals surface area (Å²) in [7, 11) is -3.05. The molecule has 0 aromatic carbocycles. The van der Waals surface area contributed by atoms with E-state index in [-0.39, 0.29) is 0 Å². The predicted octanol–water partition coefficient (Wildman–Crippen LogP) is 1.71. The second-order valence-corrected chi connectivity index (χ2v) is 9.15. The Morgan fingerprint density at radius 2 is 2.05 bits per heavy atom. The summed E-state index contributed by atoms with van der Waals surface area (Å²) in [6, 6.07) is 0.331. The predicted molar refractivity (Wildman–Crippen MR) is 86.0 cm³/mol. The van der Waals surface area contributed by atoms with Crippen LogP contribution in [0, 0.1) is 17.8 Å². The number of piperidine rings is 1. The summed E-state index contributed by atoms with van der Waals surface area (Å²) < 4.78 is 25.1. The van der Waals surface area contributed by atoms with Gasteiger partial charge in [-0.15, -0.1) is 0 Å². The molecule has 5 nitrogen and oxygen atoms in total. The van der Waals surface area contributed by atoms with Crippen molar-refractivity contribution in [1.82, 2.24) is 9.73 Å². The fraction of sp³-hybridized carbons (Fsp3) is 1.00. The van der Waals surface area contributed by atoms with Crippen molar-refractivity contribution < 1.29 is 8.42 Å². The van der Waals surface area contributed by atoms with Crippen molar-refractivity contribution in [1.29, 1.82) is 0 Å². The molecule has 4 unspecified atom stereocenters. The van der Waals surface area contributed by atoms with Crippen LogP contribution in [-0.2, 0) is 10.0 Å². The van der Waals surface area contributed by atoms with Crippen molar-refractivity contribution in [2.24, 2.45) is 23.6 Å². The second kappa shape index (κ2) is 7.40. The molecule has 1 saturated carbocycles. The molecule has 4 atom stereocenters. The number of nitrogens with one attached hydrogen (secondary N) is 1. The van der Waals surface area contributed by atoms with Gasteiger partial charge < -0.3 is 0 Å². The molecule has 1 heterocycles. The minimum absolute atomic E-state index is 0.331. The Kier molecular flexibility index (Phi) is 6.05. The van der Waals surface area contributed by atoms with Gasteiger partial charge in [-0.05, 0) is 49.9 Å². The summed E-state index contributed by atoms with van der Waals surface area (Å²) in [5, 5.41) is 0. The van der Waals surface area contributed by atoms with Gasteiger partial charge in [0.1, 0.15) is 0 Å². The highest BCUT2D eigenvalue weighted by Gasteiger charge is 2.31. The van der Waals surface area contributed by atoms with Crippen molar-refractivity contribution in [3.63, 3.8) is 0 Å². The molecular weight excluding hydrogens is 286 g/mol. The SMILES string of the molecule is CC1CCCC(C(CC2CCCN(S(C)(=O)=O)C2)NN)C1. The molecule has 0 aromatic heterocycles. The summed E-state index contributed by atoms with van der Waals surface area (Å²) in [5.41, 5.74) is 3.03. The van der Waals surface area contributed by atoms with Crippen LogP contribution in [0.5, 0.6) is 0 Å². The van der Waals surface area contributed by atoms with E-state index >= 15 is 0 Å². The lowest BCUT2D eigenvalue weighted by Crippen LogP contribution is -2.46. The quantitative estimate of drug-likeness (QED) is 0.598. The highest BCUT2D eigenvalue weighted by Crippen LogP contribution is 2.34. The molecule has 3 N–H and O–H groups in total. The van der Waals surface area contributed by atoms with Crippen molar-refractivity contribution in [2.45, 2.75) is 57.9 Å². The van der Waals surface area contributed by atoms with E-state index in [4.69, 9.17) is 5.84 Å². The average molecular weight is 317 g/mol. The lowest BCUT2D eigenvalue weighted by Gasteiger charge is -2.37. The van der Waals surface area contributed by atoms with E-state index in [0.717, 1.165) is 25.2 Å². The number of hydrogen-bond donors (Lipinski definition) is 2. The molecule has 0 aromatic rings. The molecule has 1 saturated heterocycles. The highest BCUT2D eigenvalue weighted by atomic mass is 32.2. The third kappa shape index (κ3) is 4.91. The highest BCUT2D eigenvalue weighted by molar-refractivity contribution is 7.88. The zero-order valence-corrected chi connectivity index (χ0v) is 14.2. The maximum atomic E-state index is 11.7. The average Bonchev–Trinajstić information content (AvgIpc) is 2.44. The lowest BCUT2D eigenvalue weighted by molar-refractivity contribution is 0.173. The number of nitrogens with two attached hydrogens (primary N) is 1. The van der Waals surface area contributed by atoms with E-state index in [0.29, 0.717) is 31.0 Å². The summed E-state index contributed by atoms with van der Waals surface area (Å²) in [6.45, 7) is 3.67. The van der Waals surface area contributed by atoms with Crippen molar-refractivity contribution in [3.8, 4) is 0 Å². The zero-order chi connectivity index (χ0) is 15.5. The Bertz CT molecular complexity index is 427. The molecule has 2 aliphatic rings. The minimum atomic E-state index is -3.05. The molecule has 124 valence electrons. The van der Waals surface area contributed by atoms with Crippen molar-refractivity contribution in [3.05, 3.63) is 0 Å². The molecule has 21 heavy (non-hydrogen) atoms. The first kappa shape index (κ1) is 17.2. The molecule has 0 bridgehead atoms. The van der Waals surface area contributed by atoms with Gasteiger partial charge in [0.05, 0.1) is 6.26 Å². The van der Waals surface area contributed by atoms with Gasteiger partial charge in [-0.1, -0.05) is 19.8 Å². The Labute approximate surface area is 129 Å². The van der Waals surface area contributed by atoms with Crippen LogP contribution in [0.4, 0.5) is 0 Å². The molecule has 1 aliphatic heterocycles. The molecule has 2 rings (SSSR count). The summed E-state index contributed by atoms with van der Waals surface area (Å²) in [4.78, 5) is 0. The van der Waals surface area contributed by atoms with Crippen LogP contribution >= 0.6 is 0 Å². The molecule has 0 amide bonds. The Morgan fingerprint density at radius 1 is 1.29 bits per heavy atom. The number of rotatable bonds is 5. The van der Waals surface area contributed by atoms with Crippen LogP contribution in [0.25, 0.3) is 0 Å². The maximum Gasteiger partial charge on any atom is 0.211 e. The largest absolute Gasteiger partial charge is 0.271 e. The second-order valence-electron chi connectivity index (χ2n) is 7.17. The molecule has 1 aliphatic carbocycles. The van der Waals surface area contributed by atoms with E-state index < -0.39 is 10.0 Å². The van der Waals surface area contributed by atoms with Crippen LogP contribution in [0.3, 0.4) is 0 Å². The smallest absolute Gasteiger partial charge is 0.211 e. The van der Waals surface area contributed by atoms with Crippen molar-refractivity contribution >= 4 is 10.0 Å². The van der Waals surface area contributed by atoms with E-state index in [9.17, 15) is 8.42 Å². The first-order chi connectivity index (χ1) is 9.90. The van der Waals surface area contributed by atoms with Gasteiger partial charge >= 0.3 is 0 Å². The zero-order valence-electron chi connectivity index (χ0n) is 13.4. The van der Waals surface area contributed by atoms with E-state index in [1.807, 2.05) is 0 Å². The van der Waals surface area contributed by atoms with Gasteiger partial charge in [0.15, 0.2) is 0 Å².